The van der Waals surface area contributed by atoms with E-state index in [0.29, 0.717) is 10.0 Å². The van der Waals surface area contributed by atoms with E-state index in [4.69, 9.17) is 20.2 Å². The fourth-order valence-electron chi connectivity index (χ4n) is 1.55. The minimum absolute atomic E-state index is 0.118. The SMILES string of the molecule is COCC(C)OC(=O)c1cc(C)c(Br)c(S(=O)(=O)Cl)c1. The third kappa shape index (κ3) is 4.44. The molecule has 0 aliphatic carbocycles. The van der Waals surface area contributed by atoms with Crippen molar-refractivity contribution < 1.29 is 22.7 Å². The van der Waals surface area contributed by atoms with Crippen LogP contribution in [0.15, 0.2) is 21.5 Å². The van der Waals surface area contributed by atoms with Crippen LogP contribution in [0.1, 0.15) is 22.8 Å². The molecule has 0 heterocycles. The van der Waals surface area contributed by atoms with Gasteiger partial charge in [0.1, 0.15) is 6.10 Å². The number of benzene rings is 1. The second-order valence-corrected chi connectivity index (χ2v) is 7.54. The van der Waals surface area contributed by atoms with Gasteiger partial charge in [0.25, 0.3) is 9.05 Å². The van der Waals surface area contributed by atoms with Gasteiger partial charge in [-0.05, 0) is 47.5 Å². The normalized spacial score (nSPS) is 13.1. The molecule has 112 valence electrons. The zero-order chi connectivity index (χ0) is 15.5. The summed E-state index contributed by atoms with van der Waals surface area (Å²) >= 11 is 3.14. The molecule has 0 bridgehead atoms. The summed E-state index contributed by atoms with van der Waals surface area (Å²) < 4.78 is 33.2. The van der Waals surface area contributed by atoms with Gasteiger partial charge in [-0.3, -0.25) is 0 Å². The lowest BCUT2D eigenvalue weighted by molar-refractivity contribution is 0.0120. The van der Waals surface area contributed by atoms with Crippen LogP contribution in [0.3, 0.4) is 0 Å². The summed E-state index contributed by atoms with van der Waals surface area (Å²) in [6.07, 6.45) is -0.437. The topological polar surface area (TPSA) is 69.7 Å². The minimum Gasteiger partial charge on any atom is -0.457 e. The van der Waals surface area contributed by atoms with Crippen LogP contribution in [0.5, 0.6) is 0 Å². The highest BCUT2D eigenvalue weighted by molar-refractivity contribution is 9.10. The molecule has 20 heavy (non-hydrogen) atoms. The standard InChI is InChI=1S/C12H14BrClO5S/c1-7-4-9(12(15)19-8(2)6-18-3)5-10(11(7)13)20(14,16)17/h4-5,8H,6H2,1-3H3. The lowest BCUT2D eigenvalue weighted by atomic mass is 10.1. The summed E-state index contributed by atoms with van der Waals surface area (Å²) in [7, 11) is 2.87. The molecule has 1 aromatic carbocycles. The molecule has 0 saturated carbocycles. The van der Waals surface area contributed by atoms with Crippen molar-refractivity contribution in [2.24, 2.45) is 0 Å². The van der Waals surface area contributed by atoms with Gasteiger partial charge < -0.3 is 9.47 Å². The predicted molar refractivity (Wildman–Crippen MR) is 78.7 cm³/mol. The number of carbonyl (C=O) groups excluding carboxylic acids is 1. The average molecular weight is 386 g/mol. The van der Waals surface area contributed by atoms with E-state index in [1.807, 2.05) is 0 Å². The van der Waals surface area contributed by atoms with Gasteiger partial charge in [0.2, 0.25) is 0 Å². The Morgan fingerprint density at radius 3 is 2.55 bits per heavy atom. The lowest BCUT2D eigenvalue weighted by Crippen LogP contribution is -2.20. The van der Waals surface area contributed by atoms with Gasteiger partial charge in [-0.15, -0.1) is 0 Å². The van der Waals surface area contributed by atoms with E-state index in [1.54, 1.807) is 13.8 Å². The number of rotatable bonds is 5. The quantitative estimate of drug-likeness (QED) is 0.576. The molecule has 8 heteroatoms. The number of aryl methyl sites for hydroxylation is 1. The second kappa shape index (κ2) is 6.89. The lowest BCUT2D eigenvalue weighted by Gasteiger charge is -2.13. The van der Waals surface area contributed by atoms with E-state index in [2.05, 4.69) is 15.9 Å². The molecule has 0 N–H and O–H groups in total. The van der Waals surface area contributed by atoms with E-state index in [0.717, 1.165) is 0 Å². The maximum atomic E-state index is 11.9. The Hall–Kier alpha value is -0.630. The highest BCUT2D eigenvalue weighted by Gasteiger charge is 2.21. The van der Waals surface area contributed by atoms with Gasteiger partial charge in [0.15, 0.2) is 0 Å². The van der Waals surface area contributed by atoms with Crippen LogP contribution in [-0.2, 0) is 18.5 Å². The van der Waals surface area contributed by atoms with Crippen LogP contribution in [0.4, 0.5) is 0 Å². The number of hydrogen-bond acceptors (Lipinski definition) is 5. The van der Waals surface area contributed by atoms with Crippen molar-refractivity contribution in [1.82, 2.24) is 0 Å². The zero-order valence-electron chi connectivity index (χ0n) is 11.1. The highest BCUT2D eigenvalue weighted by Crippen LogP contribution is 2.30. The number of hydrogen-bond donors (Lipinski definition) is 0. The Balaban J connectivity index is 3.15. The number of esters is 1. The largest absolute Gasteiger partial charge is 0.457 e. The van der Waals surface area contributed by atoms with Crippen molar-refractivity contribution in [2.75, 3.05) is 13.7 Å². The Morgan fingerprint density at radius 2 is 2.05 bits per heavy atom. The molecule has 0 amide bonds. The van der Waals surface area contributed by atoms with Crippen molar-refractivity contribution in [1.29, 1.82) is 0 Å². The fourth-order valence-corrected chi connectivity index (χ4v) is 3.71. The van der Waals surface area contributed by atoms with E-state index < -0.39 is 21.1 Å². The average Bonchev–Trinajstić information content (AvgIpc) is 2.30. The molecule has 1 aromatic rings. The van der Waals surface area contributed by atoms with E-state index in [9.17, 15) is 13.2 Å². The summed E-state index contributed by atoms with van der Waals surface area (Å²) in [5, 5.41) is 0. The number of carbonyl (C=O) groups is 1. The minimum atomic E-state index is -3.96. The maximum Gasteiger partial charge on any atom is 0.338 e. The van der Waals surface area contributed by atoms with Gasteiger partial charge in [-0.2, -0.15) is 0 Å². The summed E-state index contributed by atoms with van der Waals surface area (Å²) in [5.41, 5.74) is 0.686. The molecule has 1 unspecified atom stereocenters. The first-order chi connectivity index (χ1) is 9.16. The van der Waals surface area contributed by atoms with Gasteiger partial charge >= 0.3 is 5.97 Å². The third-order valence-electron chi connectivity index (χ3n) is 2.43. The zero-order valence-corrected chi connectivity index (χ0v) is 14.3. The first-order valence-corrected chi connectivity index (χ1v) is 8.71. The first kappa shape index (κ1) is 17.4. The molecule has 0 aliphatic rings. The smallest absolute Gasteiger partial charge is 0.338 e. The van der Waals surface area contributed by atoms with Crippen molar-refractivity contribution in [3.63, 3.8) is 0 Å². The molecular formula is C12H14BrClO5S. The molecular weight excluding hydrogens is 372 g/mol. The van der Waals surface area contributed by atoms with Crippen LogP contribution >= 0.6 is 26.6 Å². The van der Waals surface area contributed by atoms with E-state index in [-0.39, 0.29) is 17.1 Å². The molecule has 0 aliphatic heterocycles. The number of ether oxygens (including phenoxy) is 2. The molecule has 0 aromatic heterocycles. The van der Waals surface area contributed by atoms with Crippen LogP contribution < -0.4 is 0 Å². The highest BCUT2D eigenvalue weighted by atomic mass is 79.9. The molecule has 0 saturated heterocycles. The third-order valence-corrected chi connectivity index (χ3v) is 5.09. The Bertz CT molecular complexity index is 615. The van der Waals surface area contributed by atoms with E-state index in [1.165, 1.54) is 19.2 Å². The Labute approximate surface area is 130 Å². The van der Waals surface area contributed by atoms with Gasteiger partial charge in [-0.25, -0.2) is 13.2 Å². The van der Waals surface area contributed by atoms with Crippen molar-refractivity contribution in [2.45, 2.75) is 24.8 Å². The van der Waals surface area contributed by atoms with Crippen LogP contribution in [0.2, 0.25) is 0 Å². The molecule has 1 rings (SSSR count). The summed E-state index contributed by atoms with van der Waals surface area (Å²) in [5.74, 6) is -0.633. The number of halogens is 2. The molecule has 5 nitrogen and oxygen atoms in total. The fraction of sp³-hybridized carbons (Fsp3) is 0.417. The molecule has 0 spiro atoms. The summed E-state index contributed by atoms with van der Waals surface area (Å²) in [6.45, 7) is 3.58. The van der Waals surface area contributed by atoms with Crippen LogP contribution in [0, 0.1) is 6.92 Å². The van der Waals surface area contributed by atoms with Gasteiger partial charge in [0, 0.05) is 22.3 Å². The molecule has 1 atom stereocenters. The second-order valence-electron chi connectivity index (χ2n) is 4.21. The molecule has 0 fully saturated rings. The molecule has 0 radical (unpaired) electrons. The van der Waals surface area contributed by atoms with Gasteiger partial charge in [-0.1, -0.05) is 0 Å². The monoisotopic (exact) mass is 384 g/mol. The van der Waals surface area contributed by atoms with Crippen molar-refractivity contribution in [3.05, 3.63) is 27.7 Å². The predicted octanol–water partition coefficient (Wildman–Crippen LogP) is 2.88. The van der Waals surface area contributed by atoms with Crippen LogP contribution in [-0.4, -0.2) is 34.2 Å². The number of methoxy groups -OCH3 is 1. The van der Waals surface area contributed by atoms with Crippen LogP contribution in [0.25, 0.3) is 0 Å². The first-order valence-electron chi connectivity index (χ1n) is 5.61. The van der Waals surface area contributed by atoms with Crippen molar-refractivity contribution >= 4 is 41.6 Å². The Kier molecular flexibility index (Phi) is 6.00. The Morgan fingerprint density at radius 1 is 1.45 bits per heavy atom. The summed E-state index contributed by atoms with van der Waals surface area (Å²) in [4.78, 5) is 11.8. The van der Waals surface area contributed by atoms with E-state index >= 15 is 0 Å². The van der Waals surface area contributed by atoms with Gasteiger partial charge in [0.05, 0.1) is 17.1 Å². The maximum absolute atomic E-state index is 11.9. The van der Waals surface area contributed by atoms with Crippen molar-refractivity contribution in [3.8, 4) is 0 Å². The summed E-state index contributed by atoms with van der Waals surface area (Å²) in [6, 6.07) is 2.71.